The third-order valence-electron chi connectivity index (χ3n) is 5.09. The average Bonchev–Trinajstić information content (AvgIpc) is 3.30. The van der Waals surface area contributed by atoms with Crippen LogP contribution in [0.4, 0.5) is 0 Å². The van der Waals surface area contributed by atoms with Crippen LogP contribution in [0.3, 0.4) is 0 Å². The van der Waals surface area contributed by atoms with Gasteiger partial charge in [0.05, 0.1) is 0 Å². The van der Waals surface area contributed by atoms with Crippen LogP contribution in [-0.2, 0) is 12.8 Å². The smallest absolute Gasteiger partial charge is 0.180 e. The zero-order valence-corrected chi connectivity index (χ0v) is 17.8. The topological polar surface area (TPSA) is 80.2 Å². The molecular formula is C23H23ClN6. The Hall–Kier alpha value is -3.12. The molecule has 0 saturated heterocycles. The lowest BCUT2D eigenvalue weighted by atomic mass is 9.96. The molecule has 0 spiro atoms. The van der Waals surface area contributed by atoms with E-state index in [4.69, 9.17) is 11.6 Å². The second-order valence-electron chi connectivity index (χ2n) is 7.26. The zero-order valence-electron chi connectivity index (χ0n) is 17.1. The van der Waals surface area contributed by atoms with E-state index >= 15 is 0 Å². The molecule has 1 N–H and O–H groups in total. The summed E-state index contributed by atoms with van der Waals surface area (Å²) in [5, 5.41) is 14.8. The van der Waals surface area contributed by atoms with Crippen LogP contribution in [0.2, 0.25) is 5.15 Å². The highest BCUT2D eigenvalue weighted by Crippen LogP contribution is 2.30. The van der Waals surface area contributed by atoms with Crippen molar-refractivity contribution in [2.45, 2.75) is 39.5 Å². The van der Waals surface area contributed by atoms with Gasteiger partial charge in [0.25, 0.3) is 0 Å². The number of hydrogen-bond acceptors (Lipinski definition) is 5. The van der Waals surface area contributed by atoms with Crippen molar-refractivity contribution in [2.75, 3.05) is 0 Å². The van der Waals surface area contributed by atoms with Crippen LogP contribution < -0.4 is 0 Å². The van der Waals surface area contributed by atoms with Crippen molar-refractivity contribution in [3.8, 4) is 22.5 Å². The van der Waals surface area contributed by atoms with E-state index in [1.54, 1.807) is 0 Å². The number of nitrogens with one attached hydrogen (secondary N) is 1. The van der Waals surface area contributed by atoms with Gasteiger partial charge < -0.3 is 0 Å². The zero-order chi connectivity index (χ0) is 20.9. The van der Waals surface area contributed by atoms with Crippen LogP contribution >= 0.6 is 11.6 Å². The molecule has 0 amide bonds. The van der Waals surface area contributed by atoms with E-state index in [2.05, 4.69) is 67.8 Å². The second kappa shape index (κ2) is 9.13. The van der Waals surface area contributed by atoms with Crippen molar-refractivity contribution in [3.63, 3.8) is 0 Å². The van der Waals surface area contributed by atoms with Gasteiger partial charge in [-0.1, -0.05) is 73.5 Å². The van der Waals surface area contributed by atoms with E-state index in [-0.39, 0.29) is 0 Å². The van der Waals surface area contributed by atoms with Gasteiger partial charge in [-0.25, -0.2) is 15.1 Å². The monoisotopic (exact) mass is 418 g/mol. The first-order valence-electron chi connectivity index (χ1n) is 10.1. The van der Waals surface area contributed by atoms with E-state index in [9.17, 15) is 0 Å². The molecule has 0 radical (unpaired) electrons. The van der Waals surface area contributed by atoms with Gasteiger partial charge in [-0.3, -0.25) is 0 Å². The summed E-state index contributed by atoms with van der Waals surface area (Å²) in [6, 6.07) is 16.6. The minimum Gasteiger partial charge on any atom is -0.239 e. The van der Waals surface area contributed by atoms with Gasteiger partial charge in [-0.2, -0.15) is 0 Å². The fourth-order valence-corrected chi connectivity index (χ4v) is 3.86. The third-order valence-corrected chi connectivity index (χ3v) is 5.41. The summed E-state index contributed by atoms with van der Waals surface area (Å²) < 4.78 is 0. The minimum absolute atomic E-state index is 0.556. The highest BCUT2D eigenvalue weighted by molar-refractivity contribution is 6.30. The Labute approximate surface area is 180 Å². The lowest BCUT2D eigenvalue weighted by Crippen LogP contribution is -2.05. The minimum atomic E-state index is 0.556. The SMILES string of the molecule is CCCCc1nc(C)nc(Cl)c1Cc1ccc(-c2ccccc2-c2nnn[nH]2)cc1. The number of hydrogen-bond donors (Lipinski definition) is 1. The van der Waals surface area contributed by atoms with Crippen LogP contribution in [0.15, 0.2) is 48.5 Å². The maximum atomic E-state index is 6.50. The molecule has 0 aliphatic rings. The molecule has 4 rings (SSSR count). The van der Waals surface area contributed by atoms with Crippen LogP contribution in [0.25, 0.3) is 22.5 Å². The molecule has 0 bridgehead atoms. The molecule has 2 aromatic heterocycles. The fourth-order valence-electron chi connectivity index (χ4n) is 3.56. The van der Waals surface area contributed by atoms with Crippen molar-refractivity contribution in [3.05, 3.63) is 76.3 Å². The highest BCUT2D eigenvalue weighted by atomic mass is 35.5. The summed E-state index contributed by atoms with van der Waals surface area (Å²) in [5.74, 6) is 1.38. The van der Waals surface area contributed by atoms with Gasteiger partial charge in [-0.05, 0) is 46.9 Å². The van der Waals surface area contributed by atoms with Gasteiger partial charge >= 0.3 is 0 Å². The van der Waals surface area contributed by atoms with Crippen LogP contribution in [0.5, 0.6) is 0 Å². The molecule has 6 nitrogen and oxygen atoms in total. The van der Waals surface area contributed by atoms with E-state index < -0.39 is 0 Å². The maximum Gasteiger partial charge on any atom is 0.180 e. The summed E-state index contributed by atoms with van der Waals surface area (Å²) >= 11 is 6.50. The van der Waals surface area contributed by atoms with Gasteiger partial charge in [0.15, 0.2) is 5.82 Å². The second-order valence-corrected chi connectivity index (χ2v) is 7.62. The van der Waals surface area contributed by atoms with Crippen LogP contribution in [0, 0.1) is 6.92 Å². The molecule has 0 fully saturated rings. The van der Waals surface area contributed by atoms with Crippen molar-refractivity contribution in [1.82, 2.24) is 30.6 Å². The number of rotatable bonds is 7. The molecule has 2 heterocycles. The number of tetrazole rings is 1. The average molecular weight is 419 g/mol. The van der Waals surface area contributed by atoms with Gasteiger partial charge in [0, 0.05) is 23.2 Å². The highest BCUT2D eigenvalue weighted by Gasteiger charge is 2.13. The first-order chi connectivity index (χ1) is 14.7. The van der Waals surface area contributed by atoms with E-state index in [1.165, 1.54) is 5.56 Å². The van der Waals surface area contributed by atoms with Gasteiger partial charge in [0.2, 0.25) is 0 Å². The molecule has 0 unspecified atom stereocenters. The standard InChI is InChI=1S/C23H23ClN6/c1-3-4-9-21-20(22(24)26-15(2)25-21)14-16-10-12-17(13-11-16)18-7-5-6-8-19(18)23-27-29-30-28-23/h5-8,10-13H,3-4,9,14H2,1-2H3,(H,27,28,29,30). The Morgan fingerprint density at radius 3 is 2.43 bits per heavy atom. The van der Waals surface area contributed by atoms with Crippen LogP contribution in [0.1, 0.15) is 42.4 Å². The Bertz CT molecular complexity index is 1120. The molecular weight excluding hydrogens is 396 g/mol. The third kappa shape index (κ3) is 4.39. The number of unbranched alkanes of at least 4 members (excludes halogenated alkanes) is 1. The first-order valence-corrected chi connectivity index (χ1v) is 10.5. The van der Waals surface area contributed by atoms with Gasteiger partial charge in [0.1, 0.15) is 11.0 Å². The Kier molecular flexibility index (Phi) is 6.14. The number of H-pyrrole nitrogens is 1. The largest absolute Gasteiger partial charge is 0.239 e. The first kappa shape index (κ1) is 20.2. The number of aromatic amines is 1. The Morgan fingerprint density at radius 2 is 1.73 bits per heavy atom. The van der Waals surface area contributed by atoms with Crippen molar-refractivity contribution in [2.24, 2.45) is 0 Å². The van der Waals surface area contributed by atoms with E-state index in [0.717, 1.165) is 53.0 Å². The summed E-state index contributed by atoms with van der Waals surface area (Å²) in [4.78, 5) is 9.03. The molecule has 30 heavy (non-hydrogen) atoms. The van der Waals surface area contributed by atoms with Crippen molar-refractivity contribution >= 4 is 11.6 Å². The molecule has 0 aliphatic heterocycles. The summed E-state index contributed by atoms with van der Waals surface area (Å²) in [5.41, 5.74) is 6.39. The molecule has 2 aromatic carbocycles. The summed E-state index contributed by atoms with van der Waals surface area (Å²) in [7, 11) is 0. The van der Waals surface area contributed by atoms with Crippen molar-refractivity contribution in [1.29, 1.82) is 0 Å². The van der Waals surface area contributed by atoms with Gasteiger partial charge in [-0.15, -0.1) is 5.10 Å². The molecule has 0 saturated carbocycles. The summed E-state index contributed by atoms with van der Waals surface area (Å²) in [6.07, 6.45) is 3.85. The molecule has 0 atom stereocenters. The molecule has 0 aliphatic carbocycles. The molecule has 4 aromatic rings. The Morgan fingerprint density at radius 1 is 0.967 bits per heavy atom. The number of aryl methyl sites for hydroxylation is 2. The van der Waals surface area contributed by atoms with E-state index in [1.807, 2.05) is 25.1 Å². The quantitative estimate of drug-likeness (QED) is 0.416. The lowest BCUT2D eigenvalue weighted by Gasteiger charge is -2.12. The number of halogens is 1. The molecule has 7 heteroatoms. The number of benzene rings is 2. The molecule has 152 valence electrons. The van der Waals surface area contributed by atoms with Crippen molar-refractivity contribution < 1.29 is 0 Å². The lowest BCUT2D eigenvalue weighted by molar-refractivity contribution is 0.757. The Balaban J connectivity index is 1.62. The predicted octanol–water partition coefficient (Wildman–Crippen LogP) is 5.22. The fraction of sp³-hybridized carbons (Fsp3) is 0.261. The number of nitrogens with zero attached hydrogens (tertiary/aromatic N) is 5. The summed E-state index contributed by atoms with van der Waals surface area (Å²) in [6.45, 7) is 4.07. The number of aromatic nitrogens is 6. The van der Waals surface area contributed by atoms with E-state index in [0.29, 0.717) is 17.4 Å². The van der Waals surface area contributed by atoms with Crippen LogP contribution in [-0.4, -0.2) is 30.6 Å². The maximum absolute atomic E-state index is 6.50. The predicted molar refractivity (Wildman–Crippen MR) is 118 cm³/mol. The normalized spacial score (nSPS) is 11.0.